The summed E-state index contributed by atoms with van der Waals surface area (Å²) >= 11 is 0. The number of benzene rings is 1. The van der Waals surface area contributed by atoms with Gasteiger partial charge in [-0.05, 0) is 37.8 Å². The van der Waals surface area contributed by atoms with Gasteiger partial charge in [-0.3, -0.25) is 4.90 Å². The molecule has 0 N–H and O–H groups in total. The number of aromatic nitrogens is 2. The van der Waals surface area contributed by atoms with Crippen molar-refractivity contribution < 1.29 is 14.2 Å². The van der Waals surface area contributed by atoms with E-state index in [9.17, 15) is 0 Å². The van der Waals surface area contributed by atoms with Crippen LogP contribution >= 0.6 is 0 Å². The van der Waals surface area contributed by atoms with Gasteiger partial charge < -0.3 is 19.1 Å². The van der Waals surface area contributed by atoms with E-state index < -0.39 is 0 Å². The van der Waals surface area contributed by atoms with Gasteiger partial charge in [0.15, 0.2) is 0 Å². The van der Waals surface area contributed by atoms with Gasteiger partial charge in [-0.15, -0.1) is 0 Å². The van der Waals surface area contributed by atoms with Crippen LogP contribution in [0.25, 0.3) is 0 Å². The topological polar surface area (TPSA) is 60.0 Å². The normalized spacial score (nSPS) is 18.9. The van der Waals surface area contributed by atoms with E-state index in [-0.39, 0.29) is 6.10 Å². The number of methoxy groups -OCH3 is 2. The molecule has 2 aliphatic heterocycles. The fourth-order valence-corrected chi connectivity index (χ4v) is 4.26. The molecule has 4 rings (SSSR count). The Kier molecular flexibility index (Phi) is 7.02. The molecule has 0 spiro atoms. The van der Waals surface area contributed by atoms with E-state index >= 15 is 0 Å². The largest absolute Gasteiger partial charge is 0.497 e. The summed E-state index contributed by atoms with van der Waals surface area (Å²) in [5, 5.41) is 0. The molecule has 0 saturated carbocycles. The number of nitrogens with zero attached hydrogens (tertiary/aromatic N) is 4. The lowest BCUT2D eigenvalue weighted by Crippen LogP contribution is -2.32. The van der Waals surface area contributed by atoms with Crippen molar-refractivity contribution in [2.24, 2.45) is 0 Å². The summed E-state index contributed by atoms with van der Waals surface area (Å²) in [6.45, 7) is 5.34. The second-order valence-corrected chi connectivity index (χ2v) is 8.02. The summed E-state index contributed by atoms with van der Waals surface area (Å²) in [5.74, 6) is 2.49. The predicted molar refractivity (Wildman–Crippen MR) is 116 cm³/mol. The van der Waals surface area contributed by atoms with Gasteiger partial charge in [-0.2, -0.15) is 0 Å². The lowest BCUT2D eigenvalue weighted by atomic mass is 10.1. The molecule has 3 heterocycles. The Balaban J connectivity index is 1.52. The van der Waals surface area contributed by atoms with Gasteiger partial charge in [0.25, 0.3) is 0 Å². The standard InChI is InChI=1S/C23H32N4O3/c1-28-20-8-7-18(22(14-20)29-2)15-26(17-21-6-5-13-30-21)16-19-9-10-24-23(25-19)27-11-3-4-12-27/h7-10,14,21H,3-6,11-13,15-17H2,1-2H3/t21-/m0/s1. The van der Waals surface area contributed by atoms with E-state index in [0.717, 1.165) is 80.9 Å². The highest BCUT2D eigenvalue weighted by molar-refractivity contribution is 5.40. The lowest BCUT2D eigenvalue weighted by Gasteiger charge is -2.26. The summed E-state index contributed by atoms with van der Waals surface area (Å²) in [4.78, 5) is 14.0. The first-order valence-electron chi connectivity index (χ1n) is 10.9. The molecule has 2 aromatic rings. The lowest BCUT2D eigenvalue weighted by molar-refractivity contribution is 0.0672. The molecule has 1 aromatic heterocycles. The van der Waals surface area contributed by atoms with Crippen LogP contribution in [0.3, 0.4) is 0 Å². The maximum absolute atomic E-state index is 5.92. The Hall–Kier alpha value is -2.38. The number of rotatable bonds is 9. The van der Waals surface area contributed by atoms with E-state index in [4.69, 9.17) is 19.2 Å². The molecule has 1 atom stereocenters. The zero-order chi connectivity index (χ0) is 20.8. The first-order valence-corrected chi connectivity index (χ1v) is 10.9. The maximum Gasteiger partial charge on any atom is 0.225 e. The maximum atomic E-state index is 5.92. The van der Waals surface area contributed by atoms with Crippen molar-refractivity contribution in [2.75, 3.05) is 45.4 Å². The average molecular weight is 413 g/mol. The molecule has 0 radical (unpaired) electrons. The molecular weight excluding hydrogens is 380 g/mol. The van der Waals surface area contributed by atoms with Gasteiger partial charge in [0.1, 0.15) is 11.5 Å². The minimum absolute atomic E-state index is 0.272. The molecule has 0 aliphatic carbocycles. The highest BCUT2D eigenvalue weighted by Gasteiger charge is 2.22. The Morgan fingerprint density at radius 1 is 1.10 bits per heavy atom. The minimum atomic E-state index is 0.272. The summed E-state index contributed by atoms with van der Waals surface area (Å²) in [5.41, 5.74) is 2.17. The molecule has 2 saturated heterocycles. The van der Waals surface area contributed by atoms with E-state index in [1.165, 1.54) is 12.8 Å². The predicted octanol–water partition coefficient (Wildman–Crippen LogP) is 3.28. The quantitative estimate of drug-likeness (QED) is 0.626. The van der Waals surface area contributed by atoms with Crippen LogP contribution in [0.15, 0.2) is 30.5 Å². The van der Waals surface area contributed by atoms with Crippen LogP contribution in [0.4, 0.5) is 5.95 Å². The molecule has 1 aromatic carbocycles. The molecule has 7 heteroatoms. The molecule has 7 nitrogen and oxygen atoms in total. The Morgan fingerprint density at radius 3 is 2.70 bits per heavy atom. The van der Waals surface area contributed by atoms with Crippen LogP contribution in [-0.4, -0.2) is 61.4 Å². The van der Waals surface area contributed by atoms with Crippen LogP contribution in [0.5, 0.6) is 11.5 Å². The fraction of sp³-hybridized carbons (Fsp3) is 0.565. The number of hydrogen-bond acceptors (Lipinski definition) is 7. The van der Waals surface area contributed by atoms with Gasteiger partial charge in [-0.1, -0.05) is 6.07 Å². The Bertz CT molecular complexity index is 820. The molecule has 0 unspecified atom stereocenters. The fourth-order valence-electron chi connectivity index (χ4n) is 4.26. The monoisotopic (exact) mass is 412 g/mol. The van der Waals surface area contributed by atoms with Crippen LogP contribution in [-0.2, 0) is 17.8 Å². The van der Waals surface area contributed by atoms with Crippen molar-refractivity contribution in [3.05, 3.63) is 41.7 Å². The minimum Gasteiger partial charge on any atom is -0.497 e. The summed E-state index contributed by atoms with van der Waals surface area (Å²) in [6, 6.07) is 8.02. The highest BCUT2D eigenvalue weighted by atomic mass is 16.5. The van der Waals surface area contributed by atoms with Crippen molar-refractivity contribution in [3.8, 4) is 11.5 Å². The Morgan fingerprint density at radius 2 is 1.97 bits per heavy atom. The van der Waals surface area contributed by atoms with E-state index in [1.54, 1.807) is 14.2 Å². The molecule has 0 bridgehead atoms. The van der Waals surface area contributed by atoms with Crippen molar-refractivity contribution >= 4 is 5.95 Å². The smallest absolute Gasteiger partial charge is 0.225 e. The zero-order valence-corrected chi connectivity index (χ0v) is 18.0. The second kappa shape index (κ2) is 10.1. The number of ether oxygens (including phenoxy) is 3. The summed E-state index contributed by atoms with van der Waals surface area (Å²) in [6.07, 6.45) is 6.84. The van der Waals surface area contributed by atoms with Crippen LogP contribution in [0, 0.1) is 0 Å². The molecule has 30 heavy (non-hydrogen) atoms. The van der Waals surface area contributed by atoms with Gasteiger partial charge in [0.2, 0.25) is 5.95 Å². The SMILES string of the molecule is COc1ccc(CN(Cc2ccnc(N3CCCC3)n2)C[C@@H]2CCCO2)c(OC)c1. The van der Waals surface area contributed by atoms with Gasteiger partial charge in [0, 0.05) is 57.2 Å². The molecule has 0 amide bonds. The van der Waals surface area contributed by atoms with Crippen LogP contribution in [0.1, 0.15) is 36.9 Å². The third-order valence-corrected chi connectivity index (χ3v) is 5.85. The van der Waals surface area contributed by atoms with Gasteiger partial charge in [-0.25, -0.2) is 9.97 Å². The van der Waals surface area contributed by atoms with E-state index in [2.05, 4.69) is 20.9 Å². The number of anilines is 1. The number of hydrogen-bond donors (Lipinski definition) is 0. The Labute approximate surface area is 179 Å². The average Bonchev–Trinajstić information content (AvgIpc) is 3.48. The molecule has 2 aliphatic rings. The summed E-state index contributed by atoms with van der Waals surface area (Å²) < 4.78 is 16.9. The molecular formula is C23H32N4O3. The van der Waals surface area contributed by atoms with Crippen molar-refractivity contribution in [2.45, 2.75) is 44.9 Å². The van der Waals surface area contributed by atoms with Crippen molar-refractivity contribution in [3.63, 3.8) is 0 Å². The molecule has 162 valence electrons. The van der Waals surface area contributed by atoms with Gasteiger partial charge in [0.05, 0.1) is 26.0 Å². The third kappa shape index (κ3) is 5.21. The van der Waals surface area contributed by atoms with Crippen molar-refractivity contribution in [1.29, 1.82) is 0 Å². The van der Waals surface area contributed by atoms with E-state index in [1.807, 2.05) is 24.4 Å². The van der Waals surface area contributed by atoms with Crippen LogP contribution < -0.4 is 14.4 Å². The van der Waals surface area contributed by atoms with Gasteiger partial charge >= 0.3 is 0 Å². The van der Waals surface area contributed by atoms with Crippen LogP contribution in [0.2, 0.25) is 0 Å². The molecule has 2 fully saturated rings. The van der Waals surface area contributed by atoms with Crippen molar-refractivity contribution in [1.82, 2.24) is 14.9 Å². The summed E-state index contributed by atoms with van der Waals surface area (Å²) in [7, 11) is 3.38. The first kappa shape index (κ1) is 20.9. The first-order chi connectivity index (χ1) is 14.7. The zero-order valence-electron chi connectivity index (χ0n) is 18.0. The second-order valence-electron chi connectivity index (χ2n) is 8.02. The third-order valence-electron chi connectivity index (χ3n) is 5.85. The highest BCUT2D eigenvalue weighted by Crippen LogP contribution is 2.27. The van der Waals surface area contributed by atoms with E-state index in [0.29, 0.717) is 0 Å².